The number of halogens is 1. The van der Waals surface area contributed by atoms with Gasteiger partial charge in [-0.2, -0.15) is 0 Å². The molecule has 6 heteroatoms. The number of aryl methyl sites for hydroxylation is 1. The number of hydrogen-bond donors (Lipinski definition) is 1. The van der Waals surface area contributed by atoms with Crippen LogP contribution in [-0.2, 0) is 9.53 Å². The lowest BCUT2D eigenvalue weighted by molar-refractivity contribution is -0.143. The second-order valence-corrected chi connectivity index (χ2v) is 5.05. The zero-order valence-corrected chi connectivity index (χ0v) is 13.3. The molecule has 0 unspecified atom stereocenters. The van der Waals surface area contributed by atoms with Crippen molar-refractivity contribution >= 4 is 11.9 Å². The first-order valence-corrected chi connectivity index (χ1v) is 7.44. The van der Waals surface area contributed by atoms with E-state index in [2.05, 4.69) is 5.32 Å². The molecule has 0 saturated heterocycles. The minimum atomic E-state index is -0.666. The van der Waals surface area contributed by atoms with Crippen LogP contribution in [0.25, 0.3) is 0 Å². The first-order chi connectivity index (χ1) is 11.6. The zero-order chi connectivity index (χ0) is 17.4. The van der Waals surface area contributed by atoms with E-state index >= 15 is 0 Å². The van der Waals surface area contributed by atoms with Gasteiger partial charge >= 0.3 is 5.97 Å². The van der Waals surface area contributed by atoms with Crippen LogP contribution in [0.2, 0.25) is 0 Å². The Morgan fingerprint density at radius 2 is 1.88 bits per heavy atom. The van der Waals surface area contributed by atoms with Gasteiger partial charge in [0.2, 0.25) is 0 Å². The summed E-state index contributed by atoms with van der Waals surface area (Å²) in [6.45, 7) is 1.88. The number of esters is 1. The molecule has 0 bridgehead atoms. The molecule has 1 amide bonds. The van der Waals surface area contributed by atoms with Gasteiger partial charge in [0.1, 0.15) is 31.3 Å². The number of carbonyl (C=O) groups is 2. The van der Waals surface area contributed by atoms with Crippen LogP contribution in [0.3, 0.4) is 0 Å². The van der Waals surface area contributed by atoms with Gasteiger partial charge in [0.05, 0.1) is 5.56 Å². The Balaban J connectivity index is 1.66. The summed E-state index contributed by atoms with van der Waals surface area (Å²) >= 11 is 0. The van der Waals surface area contributed by atoms with Crippen LogP contribution < -0.4 is 10.1 Å². The molecule has 2 aromatic rings. The van der Waals surface area contributed by atoms with Gasteiger partial charge in [0.15, 0.2) is 0 Å². The number of benzene rings is 2. The van der Waals surface area contributed by atoms with Crippen molar-refractivity contribution in [2.45, 2.75) is 6.92 Å². The molecule has 0 aliphatic rings. The summed E-state index contributed by atoms with van der Waals surface area (Å²) in [6, 6.07) is 13.0. The fourth-order valence-corrected chi connectivity index (χ4v) is 1.96. The molecule has 0 radical (unpaired) electrons. The fourth-order valence-electron chi connectivity index (χ4n) is 1.96. The molecule has 0 atom stereocenters. The van der Waals surface area contributed by atoms with Crippen LogP contribution in [0, 0.1) is 12.7 Å². The maximum atomic E-state index is 13.4. The average molecular weight is 331 g/mol. The Labute approximate surface area is 139 Å². The molecule has 0 aromatic heterocycles. The van der Waals surface area contributed by atoms with Gasteiger partial charge in [-0.15, -0.1) is 0 Å². The van der Waals surface area contributed by atoms with Crippen LogP contribution >= 0.6 is 0 Å². The summed E-state index contributed by atoms with van der Waals surface area (Å²) in [5.41, 5.74) is 0.952. The normalized spacial score (nSPS) is 10.1. The largest absolute Gasteiger partial charge is 0.490 e. The van der Waals surface area contributed by atoms with E-state index < -0.39 is 17.7 Å². The van der Waals surface area contributed by atoms with Crippen molar-refractivity contribution in [1.82, 2.24) is 5.32 Å². The summed E-state index contributed by atoms with van der Waals surface area (Å²) in [6.07, 6.45) is 0. The highest BCUT2D eigenvalue weighted by Gasteiger charge is 2.12. The molecule has 24 heavy (non-hydrogen) atoms. The third kappa shape index (κ3) is 5.39. The van der Waals surface area contributed by atoms with Crippen LogP contribution in [0.15, 0.2) is 48.5 Å². The number of rotatable bonds is 7. The maximum Gasteiger partial charge on any atom is 0.325 e. The first-order valence-electron chi connectivity index (χ1n) is 7.44. The molecule has 0 saturated carbocycles. The van der Waals surface area contributed by atoms with Crippen molar-refractivity contribution in [2.75, 3.05) is 19.8 Å². The molecule has 0 heterocycles. The lowest BCUT2D eigenvalue weighted by Crippen LogP contribution is -2.31. The Morgan fingerprint density at radius 3 is 2.62 bits per heavy atom. The second-order valence-electron chi connectivity index (χ2n) is 5.05. The molecule has 2 aromatic carbocycles. The highest BCUT2D eigenvalue weighted by Crippen LogP contribution is 2.11. The Morgan fingerprint density at radius 1 is 1.08 bits per heavy atom. The Kier molecular flexibility index (Phi) is 6.31. The van der Waals surface area contributed by atoms with E-state index in [4.69, 9.17) is 9.47 Å². The van der Waals surface area contributed by atoms with Gasteiger partial charge < -0.3 is 14.8 Å². The summed E-state index contributed by atoms with van der Waals surface area (Å²) < 4.78 is 23.8. The Bertz CT molecular complexity index is 718. The van der Waals surface area contributed by atoms with E-state index in [-0.39, 0.29) is 25.3 Å². The first kappa shape index (κ1) is 17.5. The molecule has 5 nitrogen and oxygen atoms in total. The summed E-state index contributed by atoms with van der Waals surface area (Å²) in [5.74, 6) is -1.23. The number of hydrogen-bond acceptors (Lipinski definition) is 4. The fraction of sp³-hybridized carbons (Fsp3) is 0.222. The van der Waals surface area contributed by atoms with Crippen LogP contribution in [0.1, 0.15) is 15.9 Å². The van der Waals surface area contributed by atoms with Crippen molar-refractivity contribution in [3.8, 4) is 5.75 Å². The smallest absolute Gasteiger partial charge is 0.325 e. The van der Waals surface area contributed by atoms with Gasteiger partial charge in [0.25, 0.3) is 5.91 Å². The van der Waals surface area contributed by atoms with E-state index in [9.17, 15) is 14.0 Å². The van der Waals surface area contributed by atoms with Gasteiger partial charge in [0, 0.05) is 0 Å². The van der Waals surface area contributed by atoms with Crippen molar-refractivity contribution in [3.05, 3.63) is 65.5 Å². The molecule has 0 fully saturated rings. The standard InChI is InChI=1S/C18H18FNO4/c1-13-5-4-6-14(11-13)23-9-10-24-17(21)12-20-18(22)15-7-2-3-8-16(15)19/h2-8,11H,9-10,12H2,1H3,(H,20,22). The molecule has 1 N–H and O–H groups in total. The predicted octanol–water partition coefficient (Wildman–Crippen LogP) is 2.49. The lowest BCUT2D eigenvalue weighted by atomic mass is 10.2. The minimum absolute atomic E-state index is 0.0579. The van der Waals surface area contributed by atoms with Gasteiger partial charge in [-0.05, 0) is 36.8 Å². The third-order valence-corrected chi connectivity index (χ3v) is 3.12. The van der Waals surface area contributed by atoms with E-state index in [1.165, 1.54) is 18.2 Å². The molecule has 0 spiro atoms. The number of ether oxygens (including phenoxy) is 2. The van der Waals surface area contributed by atoms with E-state index in [1.807, 2.05) is 31.2 Å². The summed E-state index contributed by atoms with van der Waals surface area (Å²) in [7, 11) is 0. The van der Waals surface area contributed by atoms with Crippen LogP contribution in [0.4, 0.5) is 4.39 Å². The molecule has 2 rings (SSSR count). The number of amides is 1. The highest BCUT2D eigenvalue weighted by molar-refractivity contribution is 5.96. The van der Waals surface area contributed by atoms with Crippen LogP contribution in [-0.4, -0.2) is 31.6 Å². The monoisotopic (exact) mass is 331 g/mol. The van der Waals surface area contributed by atoms with E-state index in [0.717, 1.165) is 5.56 Å². The van der Waals surface area contributed by atoms with Crippen molar-refractivity contribution in [3.63, 3.8) is 0 Å². The van der Waals surface area contributed by atoms with E-state index in [1.54, 1.807) is 6.07 Å². The van der Waals surface area contributed by atoms with Gasteiger partial charge in [-0.1, -0.05) is 24.3 Å². The zero-order valence-electron chi connectivity index (χ0n) is 13.3. The Hall–Kier alpha value is -2.89. The lowest BCUT2D eigenvalue weighted by Gasteiger charge is -2.09. The van der Waals surface area contributed by atoms with Crippen molar-refractivity contribution in [1.29, 1.82) is 0 Å². The highest BCUT2D eigenvalue weighted by atomic mass is 19.1. The van der Waals surface area contributed by atoms with Crippen molar-refractivity contribution in [2.24, 2.45) is 0 Å². The maximum absolute atomic E-state index is 13.4. The molecular weight excluding hydrogens is 313 g/mol. The minimum Gasteiger partial charge on any atom is -0.490 e. The summed E-state index contributed by atoms with van der Waals surface area (Å²) in [4.78, 5) is 23.3. The van der Waals surface area contributed by atoms with Gasteiger partial charge in [-0.3, -0.25) is 9.59 Å². The summed E-state index contributed by atoms with van der Waals surface area (Å²) in [5, 5.41) is 2.31. The second kappa shape index (κ2) is 8.67. The predicted molar refractivity (Wildman–Crippen MR) is 86.4 cm³/mol. The molecule has 126 valence electrons. The molecule has 0 aliphatic heterocycles. The topological polar surface area (TPSA) is 64.6 Å². The van der Waals surface area contributed by atoms with Crippen molar-refractivity contribution < 1.29 is 23.5 Å². The molecular formula is C18H18FNO4. The van der Waals surface area contributed by atoms with E-state index in [0.29, 0.717) is 5.75 Å². The van der Waals surface area contributed by atoms with Gasteiger partial charge in [-0.25, -0.2) is 4.39 Å². The molecule has 0 aliphatic carbocycles. The third-order valence-electron chi connectivity index (χ3n) is 3.12. The van der Waals surface area contributed by atoms with Crippen LogP contribution in [0.5, 0.6) is 5.75 Å². The number of nitrogens with one attached hydrogen (secondary N) is 1. The number of carbonyl (C=O) groups excluding carboxylic acids is 2. The SMILES string of the molecule is Cc1cccc(OCCOC(=O)CNC(=O)c2ccccc2F)c1. The quantitative estimate of drug-likeness (QED) is 0.625. The average Bonchev–Trinajstić information content (AvgIpc) is 2.57.